The van der Waals surface area contributed by atoms with Crippen LogP contribution in [-0.4, -0.2) is 30.5 Å². The molecule has 1 aromatic carbocycles. The molecule has 26 heavy (non-hydrogen) atoms. The summed E-state index contributed by atoms with van der Waals surface area (Å²) in [7, 11) is 1.19. The van der Waals surface area contributed by atoms with E-state index in [4.69, 9.17) is 11.6 Å². The number of carbonyl (C=O) groups excluding carboxylic acids is 1. The van der Waals surface area contributed by atoms with Gasteiger partial charge >= 0.3 is 6.18 Å². The Balaban J connectivity index is 1.76. The number of rotatable bonds is 4. The number of anilines is 1. The van der Waals surface area contributed by atoms with Gasteiger partial charge in [-0.2, -0.15) is 18.3 Å². The standard InChI is InChI=1S/C15H12ClF3N6O/c1-24-11(10(16)12(22-24)15(17,18)19)13(26)21-14-20-8-25(23-14)7-9-5-3-2-4-6-9/h2-6,8H,7H2,1H3,(H,21,23,26). The number of nitrogens with zero attached hydrogens (tertiary/aromatic N) is 5. The quantitative estimate of drug-likeness (QED) is 0.750. The second-order valence-electron chi connectivity index (χ2n) is 5.34. The molecule has 0 radical (unpaired) electrons. The van der Waals surface area contributed by atoms with Crippen molar-refractivity contribution in [3.8, 4) is 0 Å². The molecule has 7 nitrogen and oxygen atoms in total. The van der Waals surface area contributed by atoms with Crippen molar-refractivity contribution in [1.29, 1.82) is 0 Å². The highest BCUT2D eigenvalue weighted by Crippen LogP contribution is 2.35. The predicted molar refractivity (Wildman–Crippen MR) is 86.7 cm³/mol. The van der Waals surface area contributed by atoms with Crippen molar-refractivity contribution in [2.24, 2.45) is 7.05 Å². The molecule has 136 valence electrons. The summed E-state index contributed by atoms with van der Waals surface area (Å²) in [6, 6.07) is 9.42. The minimum atomic E-state index is -4.76. The number of halogens is 4. The van der Waals surface area contributed by atoms with Gasteiger partial charge in [-0.15, -0.1) is 5.10 Å². The van der Waals surface area contributed by atoms with Gasteiger partial charge in [0.2, 0.25) is 5.95 Å². The lowest BCUT2D eigenvalue weighted by molar-refractivity contribution is -0.141. The Labute approximate surface area is 150 Å². The van der Waals surface area contributed by atoms with Crippen molar-refractivity contribution in [2.75, 3.05) is 5.32 Å². The summed E-state index contributed by atoms with van der Waals surface area (Å²) in [6.07, 6.45) is -3.36. The van der Waals surface area contributed by atoms with Gasteiger partial charge in [0, 0.05) is 7.05 Å². The van der Waals surface area contributed by atoms with Gasteiger partial charge in [-0.05, 0) is 5.56 Å². The third kappa shape index (κ3) is 3.69. The van der Waals surface area contributed by atoms with Crippen molar-refractivity contribution >= 4 is 23.5 Å². The van der Waals surface area contributed by atoms with Gasteiger partial charge < -0.3 is 0 Å². The number of hydrogen-bond acceptors (Lipinski definition) is 4. The Bertz CT molecular complexity index is 935. The smallest absolute Gasteiger partial charge is 0.288 e. The van der Waals surface area contributed by atoms with E-state index in [1.165, 1.54) is 18.1 Å². The number of hydrogen-bond donors (Lipinski definition) is 1. The zero-order valence-electron chi connectivity index (χ0n) is 13.3. The van der Waals surface area contributed by atoms with Crippen LogP contribution in [0, 0.1) is 0 Å². The second-order valence-corrected chi connectivity index (χ2v) is 5.72. The van der Waals surface area contributed by atoms with Crippen LogP contribution in [0.25, 0.3) is 0 Å². The molecule has 1 amide bonds. The second kappa shape index (κ2) is 6.79. The summed E-state index contributed by atoms with van der Waals surface area (Å²) in [6.45, 7) is 0.425. The minimum Gasteiger partial charge on any atom is -0.288 e. The zero-order chi connectivity index (χ0) is 18.9. The molecule has 3 rings (SSSR count). The van der Waals surface area contributed by atoms with Gasteiger partial charge in [0.15, 0.2) is 5.69 Å². The molecule has 0 atom stereocenters. The number of nitrogens with one attached hydrogen (secondary N) is 1. The molecule has 0 bridgehead atoms. The summed E-state index contributed by atoms with van der Waals surface area (Å²) >= 11 is 5.68. The van der Waals surface area contributed by atoms with Gasteiger partial charge in [-0.1, -0.05) is 41.9 Å². The molecule has 2 aromatic heterocycles. The van der Waals surface area contributed by atoms with E-state index in [-0.39, 0.29) is 5.95 Å². The maximum absolute atomic E-state index is 12.8. The summed E-state index contributed by atoms with van der Waals surface area (Å²) in [4.78, 5) is 16.2. The van der Waals surface area contributed by atoms with E-state index in [9.17, 15) is 18.0 Å². The highest BCUT2D eigenvalue weighted by molar-refractivity contribution is 6.34. The van der Waals surface area contributed by atoms with Gasteiger partial charge in [0.05, 0.1) is 6.54 Å². The molecule has 0 spiro atoms. The number of amides is 1. The average molecular weight is 385 g/mol. The highest BCUT2D eigenvalue weighted by atomic mass is 35.5. The van der Waals surface area contributed by atoms with Gasteiger partial charge in [-0.3, -0.25) is 14.8 Å². The monoisotopic (exact) mass is 384 g/mol. The third-order valence-electron chi connectivity index (χ3n) is 3.42. The lowest BCUT2D eigenvalue weighted by Gasteiger charge is -2.03. The van der Waals surface area contributed by atoms with Gasteiger partial charge in [0.25, 0.3) is 5.91 Å². The fourth-order valence-corrected chi connectivity index (χ4v) is 2.64. The molecule has 0 aliphatic heterocycles. The van der Waals surface area contributed by atoms with E-state index >= 15 is 0 Å². The summed E-state index contributed by atoms with van der Waals surface area (Å²) < 4.78 is 40.7. The molecule has 0 saturated carbocycles. The normalized spacial score (nSPS) is 11.6. The van der Waals surface area contributed by atoms with Crippen LogP contribution < -0.4 is 5.32 Å². The first-order valence-corrected chi connectivity index (χ1v) is 7.68. The van der Waals surface area contributed by atoms with Crippen molar-refractivity contribution in [1.82, 2.24) is 24.5 Å². The first-order valence-electron chi connectivity index (χ1n) is 7.30. The first kappa shape index (κ1) is 17.9. The number of benzene rings is 1. The largest absolute Gasteiger partial charge is 0.436 e. The number of aromatic nitrogens is 5. The lowest BCUT2D eigenvalue weighted by atomic mass is 10.2. The minimum absolute atomic E-state index is 0.0586. The van der Waals surface area contributed by atoms with Crippen LogP contribution >= 0.6 is 11.6 Å². The van der Waals surface area contributed by atoms with E-state index < -0.39 is 28.5 Å². The fraction of sp³-hybridized carbons (Fsp3) is 0.200. The van der Waals surface area contributed by atoms with Crippen LogP contribution in [-0.2, 0) is 19.8 Å². The Morgan fingerprint density at radius 3 is 2.54 bits per heavy atom. The SMILES string of the molecule is Cn1nc(C(F)(F)F)c(Cl)c1C(=O)Nc1ncn(Cc2ccccc2)n1. The molecule has 0 aliphatic rings. The zero-order valence-corrected chi connectivity index (χ0v) is 14.1. The maximum Gasteiger partial charge on any atom is 0.436 e. The van der Waals surface area contributed by atoms with Crippen LogP contribution in [0.2, 0.25) is 5.02 Å². The molecular weight excluding hydrogens is 373 g/mol. The third-order valence-corrected chi connectivity index (χ3v) is 3.78. The molecule has 11 heteroatoms. The Kier molecular flexibility index (Phi) is 4.68. The Morgan fingerprint density at radius 1 is 1.23 bits per heavy atom. The van der Waals surface area contributed by atoms with E-state index in [0.717, 1.165) is 10.2 Å². The highest BCUT2D eigenvalue weighted by Gasteiger charge is 2.39. The predicted octanol–water partition coefficient (Wildman–Crippen LogP) is 2.98. The van der Waals surface area contributed by atoms with Crippen LogP contribution in [0.5, 0.6) is 0 Å². The molecule has 0 fully saturated rings. The Hall–Kier alpha value is -2.88. The van der Waals surface area contributed by atoms with Crippen LogP contribution in [0.1, 0.15) is 21.7 Å². The fourth-order valence-electron chi connectivity index (χ4n) is 2.29. The van der Waals surface area contributed by atoms with E-state index in [2.05, 4.69) is 20.5 Å². The van der Waals surface area contributed by atoms with E-state index in [1.54, 1.807) is 0 Å². The van der Waals surface area contributed by atoms with Crippen molar-refractivity contribution in [3.63, 3.8) is 0 Å². The molecule has 2 heterocycles. The van der Waals surface area contributed by atoms with Crippen LogP contribution in [0.3, 0.4) is 0 Å². The molecule has 0 aliphatic carbocycles. The Morgan fingerprint density at radius 2 is 1.92 bits per heavy atom. The number of alkyl halides is 3. The summed E-state index contributed by atoms with van der Waals surface area (Å²) in [5.74, 6) is -0.949. The number of carbonyl (C=O) groups is 1. The molecule has 0 unspecified atom stereocenters. The topological polar surface area (TPSA) is 77.6 Å². The molecule has 1 N–H and O–H groups in total. The van der Waals surface area contributed by atoms with Gasteiger partial charge in [-0.25, -0.2) is 9.67 Å². The van der Waals surface area contributed by atoms with E-state index in [1.807, 2.05) is 30.3 Å². The van der Waals surface area contributed by atoms with E-state index in [0.29, 0.717) is 6.54 Å². The average Bonchev–Trinajstić information content (AvgIpc) is 3.11. The summed E-state index contributed by atoms with van der Waals surface area (Å²) in [5.41, 5.74) is -0.785. The number of aryl methyl sites for hydroxylation is 1. The van der Waals surface area contributed by atoms with Gasteiger partial charge in [0.1, 0.15) is 17.0 Å². The van der Waals surface area contributed by atoms with Crippen molar-refractivity contribution in [3.05, 3.63) is 58.6 Å². The van der Waals surface area contributed by atoms with Crippen molar-refractivity contribution in [2.45, 2.75) is 12.7 Å². The molecule has 0 saturated heterocycles. The summed E-state index contributed by atoms with van der Waals surface area (Å²) in [5, 5.41) is 8.86. The van der Waals surface area contributed by atoms with Crippen LogP contribution in [0.15, 0.2) is 36.7 Å². The maximum atomic E-state index is 12.8. The first-order chi connectivity index (χ1) is 12.3. The van der Waals surface area contributed by atoms with Crippen LogP contribution in [0.4, 0.5) is 19.1 Å². The van der Waals surface area contributed by atoms with Crippen molar-refractivity contribution < 1.29 is 18.0 Å². The molecule has 3 aromatic rings. The molecular formula is C15H12ClF3N6O. The lowest BCUT2D eigenvalue weighted by Crippen LogP contribution is -2.17.